The van der Waals surface area contributed by atoms with Gasteiger partial charge in [-0.3, -0.25) is 4.79 Å². The molecule has 4 rings (SSSR count). The van der Waals surface area contributed by atoms with E-state index in [1.165, 1.54) is 0 Å². The number of carbonyl (C=O) groups excluding carboxylic acids is 1. The summed E-state index contributed by atoms with van der Waals surface area (Å²) < 4.78 is 7.39. The quantitative estimate of drug-likeness (QED) is 0.498. The zero-order chi connectivity index (χ0) is 21.8. The van der Waals surface area contributed by atoms with Gasteiger partial charge in [0.2, 0.25) is 0 Å². The van der Waals surface area contributed by atoms with Crippen LogP contribution in [0.25, 0.3) is 5.95 Å². The van der Waals surface area contributed by atoms with Crippen LogP contribution in [-0.4, -0.2) is 25.7 Å². The number of ether oxygens (including phenoxy) is 1. The molecule has 7 heteroatoms. The maximum atomic E-state index is 13.0. The van der Waals surface area contributed by atoms with Gasteiger partial charge >= 0.3 is 0 Å². The van der Waals surface area contributed by atoms with Gasteiger partial charge < -0.3 is 10.1 Å². The lowest BCUT2D eigenvalue weighted by Gasteiger charge is -2.13. The lowest BCUT2D eigenvalue weighted by Crippen LogP contribution is -2.16. The Morgan fingerprint density at radius 2 is 1.61 bits per heavy atom. The molecule has 0 radical (unpaired) electrons. The molecule has 31 heavy (non-hydrogen) atoms. The second kappa shape index (κ2) is 8.39. The normalized spacial score (nSPS) is 11.2. The Morgan fingerprint density at radius 1 is 0.903 bits per heavy atom. The second-order valence-corrected chi connectivity index (χ2v) is 8.02. The number of amides is 1. The minimum absolute atomic E-state index is 0.205. The molecule has 0 unspecified atom stereocenters. The molecule has 0 aliphatic carbocycles. The smallest absolute Gasteiger partial charge is 0.256 e. The summed E-state index contributed by atoms with van der Waals surface area (Å²) in [4.78, 5) is 21.5. The van der Waals surface area contributed by atoms with Gasteiger partial charge in [0.25, 0.3) is 11.9 Å². The van der Waals surface area contributed by atoms with E-state index in [2.05, 4.69) is 41.2 Å². The van der Waals surface area contributed by atoms with Crippen LogP contribution in [0.2, 0.25) is 0 Å². The SMILES string of the molecule is CC(C)(C)c1cc(NC(=O)c2cccc(Oc3ccccc3)c2)n(-c2ncccn2)n1. The van der Waals surface area contributed by atoms with Crippen molar-refractivity contribution in [3.05, 3.63) is 90.4 Å². The molecule has 1 N–H and O–H groups in total. The number of carbonyl (C=O) groups is 1. The topological polar surface area (TPSA) is 81.9 Å². The molecule has 1 amide bonds. The molecule has 0 spiro atoms. The van der Waals surface area contributed by atoms with Crippen LogP contribution in [0.1, 0.15) is 36.8 Å². The van der Waals surface area contributed by atoms with Crippen molar-refractivity contribution < 1.29 is 9.53 Å². The third-order valence-electron chi connectivity index (χ3n) is 4.54. The largest absolute Gasteiger partial charge is 0.457 e. The highest BCUT2D eigenvalue weighted by Gasteiger charge is 2.22. The fourth-order valence-corrected chi connectivity index (χ4v) is 2.90. The highest BCUT2D eigenvalue weighted by Crippen LogP contribution is 2.26. The Kier molecular flexibility index (Phi) is 5.49. The van der Waals surface area contributed by atoms with Gasteiger partial charge in [0.15, 0.2) is 0 Å². The Morgan fingerprint density at radius 3 is 2.32 bits per heavy atom. The van der Waals surface area contributed by atoms with Gasteiger partial charge in [-0.15, -0.1) is 0 Å². The first-order valence-electron chi connectivity index (χ1n) is 9.92. The average molecular weight is 413 g/mol. The monoisotopic (exact) mass is 413 g/mol. The van der Waals surface area contributed by atoms with Crippen LogP contribution in [0.5, 0.6) is 11.5 Å². The highest BCUT2D eigenvalue weighted by atomic mass is 16.5. The van der Waals surface area contributed by atoms with E-state index in [0.717, 1.165) is 5.69 Å². The number of nitrogens with zero attached hydrogens (tertiary/aromatic N) is 4. The number of nitrogens with one attached hydrogen (secondary N) is 1. The molecule has 0 saturated carbocycles. The minimum Gasteiger partial charge on any atom is -0.457 e. The molecular weight excluding hydrogens is 390 g/mol. The summed E-state index contributed by atoms with van der Waals surface area (Å²) in [6.45, 7) is 6.17. The van der Waals surface area contributed by atoms with E-state index in [0.29, 0.717) is 28.8 Å². The molecule has 2 aromatic carbocycles. The number of hydrogen-bond donors (Lipinski definition) is 1. The molecule has 2 aromatic heterocycles. The van der Waals surface area contributed by atoms with E-state index < -0.39 is 0 Å². The van der Waals surface area contributed by atoms with Crippen molar-refractivity contribution in [2.45, 2.75) is 26.2 Å². The minimum atomic E-state index is -0.281. The van der Waals surface area contributed by atoms with Gasteiger partial charge in [-0.05, 0) is 36.4 Å². The number of rotatable bonds is 5. The number of hydrogen-bond acceptors (Lipinski definition) is 5. The first kappa shape index (κ1) is 20.3. The van der Waals surface area contributed by atoms with Gasteiger partial charge in [-0.2, -0.15) is 9.78 Å². The molecule has 0 atom stereocenters. The van der Waals surface area contributed by atoms with Crippen LogP contribution in [0, 0.1) is 0 Å². The summed E-state index contributed by atoms with van der Waals surface area (Å²) in [5.74, 6) is 1.88. The molecule has 0 saturated heterocycles. The van der Waals surface area contributed by atoms with Gasteiger partial charge in [-0.25, -0.2) is 9.97 Å². The van der Waals surface area contributed by atoms with Gasteiger partial charge in [-0.1, -0.05) is 45.0 Å². The van der Waals surface area contributed by atoms with Crippen molar-refractivity contribution in [2.75, 3.05) is 5.32 Å². The van der Waals surface area contributed by atoms with E-state index in [1.807, 2.05) is 42.5 Å². The number of aromatic nitrogens is 4. The molecule has 0 aliphatic heterocycles. The maximum Gasteiger partial charge on any atom is 0.256 e. The molecule has 2 heterocycles. The summed E-state index contributed by atoms with van der Waals surface area (Å²) in [5.41, 5.74) is 1.08. The van der Waals surface area contributed by atoms with Crippen molar-refractivity contribution in [1.82, 2.24) is 19.7 Å². The van der Waals surface area contributed by atoms with Crippen molar-refractivity contribution in [3.63, 3.8) is 0 Å². The van der Waals surface area contributed by atoms with Gasteiger partial charge in [0.05, 0.1) is 5.69 Å². The lowest BCUT2D eigenvalue weighted by molar-refractivity contribution is 0.102. The zero-order valence-electron chi connectivity index (χ0n) is 17.6. The molecule has 4 aromatic rings. The van der Waals surface area contributed by atoms with Crippen LogP contribution in [0.4, 0.5) is 5.82 Å². The molecule has 7 nitrogen and oxygen atoms in total. The number of para-hydroxylation sites is 1. The van der Waals surface area contributed by atoms with E-state index in [1.54, 1.807) is 41.3 Å². The third kappa shape index (κ3) is 4.78. The predicted molar refractivity (Wildman–Crippen MR) is 119 cm³/mol. The van der Waals surface area contributed by atoms with Crippen LogP contribution < -0.4 is 10.1 Å². The van der Waals surface area contributed by atoms with Crippen LogP contribution in [0.15, 0.2) is 79.1 Å². The Bertz CT molecular complexity index is 1180. The fraction of sp³-hybridized carbons (Fsp3) is 0.167. The van der Waals surface area contributed by atoms with Crippen molar-refractivity contribution in [1.29, 1.82) is 0 Å². The lowest BCUT2D eigenvalue weighted by atomic mass is 9.92. The van der Waals surface area contributed by atoms with Crippen molar-refractivity contribution in [2.24, 2.45) is 0 Å². The summed E-state index contributed by atoms with van der Waals surface area (Å²) in [5, 5.41) is 7.56. The molecule has 156 valence electrons. The van der Waals surface area contributed by atoms with Crippen LogP contribution in [0.3, 0.4) is 0 Å². The fourth-order valence-electron chi connectivity index (χ4n) is 2.90. The molecule has 0 fully saturated rings. The predicted octanol–water partition coefficient (Wildman–Crippen LogP) is 5.00. The average Bonchev–Trinajstić information content (AvgIpc) is 3.20. The van der Waals surface area contributed by atoms with Crippen LogP contribution >= 0.6 is 0 Å². The van der Waals surface area contributed by atoms with Crippen molar-refractivity contribution >= 4 is 11.7 Å². The molecule has 0 aliphatic rings. The summed E-state index contributed by atoms with van der Waals surface area (Å²) in [6, 6.07) is 20.0. The third-order valence-corrected chi connectivity index (χ3v) is 4.54. The summed E-state index contributed by atoms with van der Waals surface area (Å²) >= 11 is 0. The van der Waals surface area contributed by atoms with Crippen LogP contribution in [-0.2, 0) is 5.41 Å². The van der Waals surface area contributed by atoms with Gasteiger partial charge in [0, 0.05) is 29.4 Å². The molecule has 0 bridgehead atoms. The first-order chi connectivity index (χ1) is 14.9. The van der Waals surface area contributed by atoms with E-state index in [4.69, 9.17) is 4.74 Å². The summed E-state index contributed by atoms with van der Waals surface area (Å²) in [6.07, 6.45) is 3.27. The molecular formula is C24H23N5O2. The van der Waals surface area contributed by atoms with E-state index in [-0.39, 0.29) is 11.3 Å². The Balaban J connectivity index is 1.61. The van der Waals surface area contributed by atoms with E-state index >= 15 is 0 Å². The van der Waals surface area contributed by atoms with Crippen molar-refractivity contribution in [3.8, 4) is 17.4 Å². The Hall–Kier alpha value is -4.00. The number of anilines is 1. The van der Waals surface area contributed by atoms with Gasteiger partial charge in [0.1, 0.15) is 17.3 Å². The summed E-state index contributed by atoms with van der Waals surface area (Å²) in [7, 11) is 0. The second-order valence-electron chi connectivity index (χ2n) is 8.02. The highest BCUT2D eigenvalue weighted by molar-refractivity contribution is 6.04. The number of benzene rings is 2. The zero-order valence-corrected chi connectivity index (χ0v) is 17.6. The maximum absolute atomic E-state index is 13.0. The van der Waals surface area contributed by atoms with E-state index in [9.17, 15) is 4.79 Å². The Labute approximate surface area is 180 Å². The first-order valence-corrected chi connectivity index (χ1v) is 9.92. The standard InChI is InChI=1S/C24H23N5O2/c1-24(2,3)20-16-21(29(28-20)23-25-13-8-14-26-23)27-22(30)17-9-7-12-19(15-17)31-18-10-5-4-6-11-18/h4-16H,1-3H3,(H,27,30).